The number of hydrogen-bond donors (Lipinski definition) is 1. The lowest BCUT2D eigenvalue weighted by molar-refractivity contribution is 0.241. The number of aromatic amines is 1. The fraction of sp³-hybridized carbons (Fsp3) is 0.389. The monoisotopic (exact) mass is 305 g/mol. The zero-order chi connectivity index (χ0) is 15.2. The Labute approximate surface area is 134 Å². The lowest BCUT2D eigenvalue weighted by Gasteiger charge is -2.27. The summed E-state index contributed by atoms with van der Waals surface area (Å²) < 4.78 is 0. The Bertz CT molecular complexity index is 865. The molecule has 1 N–H and O–H groups in total. The summed E-state index contributed by atoms with van der Waals surface area (Å²) in [4.78, 5) is 19.5. The topological polar surface area (TPSA) is 57.7 Å². The molecule has 1 fully saturated rings. The van der Waals surface area contributed by atoms with Gasteiger partial charge < -0.3 is 4.98 Å². The highest BCUT2D eigenvalue weighted by Crippen LogP contribution is 2.38. The average Bonchev–Trinajstić information content (AvgIpc) is 3.37. The molecule has 1 aliphatic heterocycles. The molecule has 5 heteroatoms. The normalized spacial score (nSPS) is 18.3. The van der Waals surface area contributed by atoms with Gasteiger partial charge in [-0.25, -0.2) is 15.0 Å². The van der Waals surface area contributed by atoms with Crippen molar-refractivity contribution in [3.8, 4) is 0 Å². The second-order valence-corrected chi connectivity index (χ2v) is 6.65. The maximum Gasteiger partial charge on any atom is 0.137 e. The Balaban J connectivity index is 1.39. The first kappa shape index (κ1) is 13.2. The molecule has 116 valence electrons. The predicted molar refractivity (Wildman–Crippen MR) is 87.9 cm³/mol. The Kier molecular flexibility index (Phi) is 2.94. The van der Waals surface area contributed by atoms with Crippen LogP contribution in [0.15, 0.2) is 30.7 Å². The first-order chi connectivity index (χ1) is 11.4. The number of aromatic nitrogens is 4. The number of pyridine rings is 1. The van der Waals surface area contributed by atoms with E-state index in [-0.39, 0.29) is 0 Å². The molecule has 1 saturated carbocycles. The van der Waals surface area contributed by atoms with E-state index in [1.807, 2.05) is 12.3 Å². The van der Waals surface area contributed by atoms with E-state index in [1.165, 1.54) is 35.0 Å². The smallest absolute Gasteiger partial charge is 0.137 e. The van der Waals surface area contributed by atoms with Crippen molar-refractivity contribution in [2.45, 2.75) is 38.3 Å². The molecule has 23 heavy (non-hydrogen) atoms. The molecule has 4 heterocycles. The van der Waals surface area contributed by atoms with E-state index in [9.17, 15) is 0 Å². The van der Waals surface area contributed by atoms with E-state index in [0.29, 0.717) is 5.92 Å². The molecule has 0 saturated heterocycles. The molecule has 1 aliphatic carbocycles. The van der Waals surface area contributed by atoms with Gasteiger partial charge in [0.05, 0.1) is 5.69 Å². The van der Waals surface area contributed by atoms with Gasteiger partial charge in [0.1, 0.15) is 11.5 Å². The van der Waals surface area contributed by atoms with Crippen molar-refractivity contribution in [1.82, 2.24) is 24.8 Å². The first-order valence-corrected chi connectivity index (χ1v) is 8.35. The van der Waals surface area contributed by atoms with E-state index in [0.717, 1.165) is 37.5 Å². The molecular formula is C18H19N5. The van der Waals surface area contributed by atoms with Crippen LogP contribution < -0.4 is 0 Å². The van der Waals surface area contributed by atoms with Crippen LogP contribution in [0.3, 0.4) is 0 Å². The molecule has 5 rings (SSSR count). The molecule has 0 atom stereocenters. The Hall–Kier alpha value is -2.27. The molecule has 5 nitrogen and oxygen atoms in total. The Morgan fingerprint density at radius 3 is 3.13 bits per heavy atom. The maximum atomic E-state index is 4.84. The van der Waals surface area contributed by atoms with Gasteiger partial charge in [-0.1, -0.05) is 0 Å². The largest absolute Gasteiger partial charge is 0.346 e. The van der Waals surface area contributed by atoms with E-state index in [1.54, 1.807) is 0 Å². The van der Waals surface area contributed by atoms with Crippen molar-refractivity contribution in [2.75, 3.05) is 6.54 Å². The lowest BCUT2D eigenvalue weighted by Crippen LogP contribution is -2.31. The second-order valence-electron chi connectivity index (χ2n) is 6.65. The van der Waals surface area contributed by atoms with E-state index in [2.05, 4.69) is 38.3 Å². The van der Waals surface area contributed by atoms with Crippen molar-refractivity contribution in [2.24, 2.45) is 0 Å². The molecule has 0 unspecified atom stereocenters. The van der Waals surface area contributed by atoms with E-state index in [4.69, 9.17) is 4.98 Å². The van der Waals surface area contributed by atoms with Crippen molar-refractivity contribution in [3.05, 3.63) is 53.4 Å². The van der Waals surface area contributed by atoms with Gasteiger partial charge in [-0.05, 0) is 42.5 Å². The van der Waals surface area contributed by atoms with Gasteiger partial charge >= 0.3 is 0 Å². The summed E-state index contributed by atoms with van der Waals surface area (Å²) in [6.07, 6.45) is 9.53. The van der Waals surface area contributed by atoms with Gasteiger partial charge in [0.25, 0.3) is 0 Å². The van der Waals surface area contributed by atoms with Crippen LogP contribution >= 0.6 is 0 Å². The number of H-pyrrole nitrogens is 1. The number of rotatable bonds is 3. The highest BCUT2D eigenvalue weighted by molar-refractivity contribution is 5.79. The third-order valence-corrected chi connectivity index (χ3v) is 4.92. The summed E-state index contributed by atoms with van der Waals surface area (Å²) in [5, 5.41) is 1.22. The highest BCUT2D eigenvalue weighted by atomic mass is 15.1. The predicted octanol–water partition coefficient (Wildman–Crippen LogP) is 2.79. The van der Waals surface area contributed by atoms with Crippen LogP contribution in [0.1, 0.15) is 41.4 Å². The first-order valence-electron chi connectivity index (χ1n) is 8.35. The summed E-state index contributed by atoms with van der Waals surface area (Å²) in [6.45, 7) is 2.92. The molecular weight excluding hydrogens is 286 g/mol. The third-order valence-electron chi connectivity index (χ3n) is 4.92. The summed E-state index contributed by atoms with van der Waals surface area (Å²) >= 11 is 0. The molecule has 0 aromatic carbocycles. The van der Waals surface area contributed by atoms with Gasteiger partial charge in [0, 0.05) is 49.5 Å². The van der Waals surface area contributed by atoms with E-state index >= 15 is 0 Å². The van der Waals surface area contributed by atoms with Crippen molar-refractivity contribution >= 4 is 11.0 Å². The zero-order valence-corrected chi connectivity index (χ0v) is 13.0. The fourth-order valence-corrected chi connectivity index (χ4v) is 3.43. The van der Waals surface area contributed by atoms with E-state index < -0.39 is 0 Å². The number of nitrogens with one attached hydrogen (secondary N) is 1. The quantitative estimate of drug-likeness (QED) is 0.808. The average molecular weight is 305 g/mol. The Morgan fingerprint density at radius 2 is 2.22 bits per heavy atom. The summed E-state index contributed by atoms with van der Waals surface area (Å²) in [7, 11) is 0. The molecule has 2 aliphatic rings. The number of hydrogen-bond acceptors (Lipinski definition) is 4. The van der Waals surface area contributed by atoms with Crippen molar-refractivity contribution in [1.29, 1.82) is 0 Å². The van der Waals surface area contributed by atoms with Gasteiger partial charge in [0.2, 0.25) is 0 Å². The summed E-state index contributed by atoms with van der Waals surface area (Å²) in [6, 6.07) is 4.14. The summed E-state index contributed by atoms with van der Waals surface area (Å²) in [5.74, 6) is 1.68. The Morgan fingerprint density at radius 1 is 1.26 bits per heavy atom. The van der Waals surface area contributed by atoms with Crippen molar-refractivity contribution < 1.29 is 0 Å². The third kappa shape index (κ3) is 2.41. The molecule has 0 amide bonds. The molecule has 0 radical (unpaired) electrons. The van der Waals surface area contributed by atoms with Crippen LogP contribution in [-0.2, 0) is 19.5 Å². The minimum atomic E-state index is 0.621. The SMILES string of the molecule is c1cnc2[nH]cc(CN3CCc4cnc(C5CC5)nc4C3)c2c1. The van der Waals surface area contributed by atoms with Gasteiger partial charge in [-0.2, -0.15) is 0 Å². The van der Waals surface area contributed by atoms with Crippen LogP contribution in [0.25, 0.3) is 11.0 Å². The summed E-state index contributed by atoms with van der Waals surface area (Å²) in [5.41, 5.74) is 4.84. The highest BCUT2D eigenvalue weighted by Gasteiger charge is 2.28. The number of nitrogens with zero attached hydrogens (tertiary/aromatic N) is 4. The molecule has 0 spiro atoms. The maximum absolute atomic E-state index is 4.84. The van der Waals surface area contributed by atoms with Gasteiger partial charge in [-0.3, -0.25) is 4.90 Å². The minimum absolute atomic E-state index is 0.621. The molecule has 0 bridgehead atoms. The van der Waals surface area contributed by atoms with Gasteiger partial charge in [-0.15, -0.1) is 0 Å². The number of fused-ring (bicyclic) bond motifs is 2. The lowest BCUT2D eigenvalue weighted by atomic mass is 10.1. The van der Waals surface area contributed by atoms with Crippen LogP contribution in [-0.4, -0.2) is 31.4 Å². The van der Waals surface area contributed by atoms with Crippen LogP contribution in [0, 0.1) is 0 Å². The van der Waals surface area contributed by atoms with Crippen LogP contribution in [0.4, 0.5) is 0 Å². The minimum Gasteiger partial charge on any atom is -0.346 e. The fourth-order valence-electron chi connectivity index (χ4n) is 3.43. The molecule has 3 aromatic heterocycles. The van der Waals surface area contributed by atoms with Crippen molar-refractivity contribution in [3.63, 3.8) is 0 Å². The zero-order valence-electron chi connectivity index (χ0n) is 13.0. The standard InChI is InChI=1S/C18H19N5/c1-2-15-14(9-21-18(15)19-6-1)10-23-7-5-13-8-20-17(12-3-4-12)22-16(13)11-23/h1-2,6,8-9,12H,3-5,7,10-11H2,(H,19,21). The van der Waals surface area contributed by atoms with Gasteiger partial charge in [0.15, 0.2) is 0 Å². The molecule has 3 aromatic rings. The second kappa shape index (κ2) is 5.13. The van der Waals surface area contributed by atoms with Crippen LogP contribution in [0.5, 0.6) is 0 Å². The van der Waals surface area contributed by atoms with Crippen LogP contribution in [0.2, 0.25) is 0 Å².